The summed E-state index contributed by atoms with van der Waals surface area (Å²) >= 11 is 0. The molecule has 1 fully saturated rings. The first-order chi connectivity index (χ1) is 27.0. The molecular weight excluding hydrogens is 741 g/mol. The van der Waals surface area contributed by atoms with Gasteiger partial charge in [-0.3, -0.25) is 19.3 Å². The van der Waals surface area contributed by atoms with Crippen LogP contribution in [-0.2, 0) is 30.3 Å². The third-order valence-corrected chi connectivity index (χ3v) is 10.9. The van der Waals surface area contributed by atoms with E-state index in [1.54, 1.807) is 26.0 Å². The molecule has 0 radical (unpaired) electrons. The minimum atomic E-state index is -1.05. The molecule has 2 heterocycles. The predicted octanol–water partition coefficient (Wildman–Crippen LogP) is 9.10. The molecule has 0 saturated heterocycles. The number of fused-ring (bicyclic) bond motifs is 1. The van der Waals surface area contributed by atoms with E-state index in [9.17, 15) is 19.2 Å². The van der Waals surface area contributed by atoms with Gasteiger partial charge in [-0.15, -0.1) is 5.10 Å². The number of nitrogens with one attached hydrogen (secondary N) is 2. The molecule has 14 nitrogen and oxygen atoms in total. The number of aromatic nitrogens is 3. The third kappa shape index (κ3) is 10.7. The number of hydrogen-bond acceptors (Lipinski definition) is 9. The van der Waals surface area contributed by atoms with Crippen LogP contribution >= 0.6 is 0 Å². The maximum Gasteiger partial charge on any atom is 0.416 e. The van der Waals surface area contributed by atoms with E-state index in [-0.39, 0.29) is 47.4 Å². The average Bonchev–Trinajstić information content (AvgIpc) is 3.66. The molecule has 0 bridgehead atoms. The molecule has 2 aromatic heterocycles. The van der Waals surface area contributed by atoms with Gasteiger partial charge in [-0.1, -0.05) is 69.2 Å². The first-order valence-corrected chi connectivity index (χ1v) is 20.4. The first-order valence-electron chi connectivity index (χ1n) is 20.4. The van der Waals surface area contributed by atoms with Crippen molar-refractivity contribution >= 4 is 41.0 Å². The molecule has 2 N–H and O–H groups in total. The Morgan fingerprint density at radius 2 is 1.48 bits per heavy atom. The summed E-state index contributed by atoms with van der Waals surface area (Å²) in [5.41, 5.74) is 1.53. The highest BCUT2D eigenvalue weighted by molar-refractivity contribution is 5.96. The number of aromatic amines is 1. The second kappa shape index (κ2) is 18.2. The maximum atomic E-state index is 14.0. The van der Waals surface area contributed by atoms with E-state index in [1.165, 1.54) is 4.52 Å². The zero-order valence-electron chi connectivity index (χ0n) is 36.8. The van der Waals surface area contributed by atoms with E-state index in [2.05, 4.69) is 63.6 Å². The highest BCUT2D eigenvalue weighted by atomic mass is 16.6. The second-order valence-electron chi connectivity index (χ2n) is 18.5. The minimum absolute atomic E-state index is 0.0364. The molecule has 3 aromatic rings. The number of H-pyrrole nitrogens is 1. The van der Waals surface area contributed by atoms with Crippen LogP contribution in [0.4, 0.5) is 16.2 Å². The summed E-state index contributed by atoms with van der Waals surface area (Å²) in [6.07, 6.45) is 1.52. The van der Waals surface area contributed by atoms with Crippen molar-refractivity contribution in [1.82, 2.24) is 19.5 Å². The first kappa shape index (κ1) is 45.6. The van der Waals surface area contributed by atoms with Crippen LogP contribution in [0.1, 0.15) is 108 Å². The molecule has 2 atom stereocenters. The Morgan fingerprint density at radius 3 is 1.97 bits per heavy atom. The van der Waals surface area contributed by atoms with Crippen LogP contribution in [0, 0.1) is 46.5 Å². The number of anilines is 1. The third-order valence-electron chi connectivity index (χ3n) is 10.9. The Bertz CT molecular complexity index is 1960. The van der Waals surface area contributed by atoms with Crippen molar-refractivity contribution in [2.24, 2.45) is 39.9 Å². The van der Waals surface area contributed by atoms with Gasteiger partial charge in [-0.05, 0) is 92.7 Å². The lowest BCUT2D eigenvalue weighted by atomic mass is 9.54. The molecule has 1 aliphatic carbocycles. The zero-order valence-corrected chi connectivity index (χ0v) is 36.8. The number of nitrogens with zero attached hydrogens (tertiary/aromatic N) is 4. The van der Waals surface area contributed by atoms with Crippen molar-refractivity contribution in [1.29, 1.82) is 0 Å². The number of carbonyl (C=O) groups is 4. The van der Waals surface area contributed by atoms with Crippen molar-refractivity contribution in [3.8, 4) is 23.0 Å². The SMILES string of the molecule is [C-]#[N+]c1c(CC2C(C(C)(C)C)CC(C)CC2C(C)(C)C)c2[nH]c(-c3ccc(OCC)c(NC(=O)C(C)(C)C)c3)nn2c1OC(=O)N(CC(=O)OCC)CC(=O)OCC. The van der Waals surface area contributed by atoms with Crippen LogP contribution in [0.2, 0.25) is 0 Å². The monoisotopic (exact) mass is 804 g/mol. The summed E-state index contributed by atoms with van der Waals surface area (Å²) in [5, 5.41) is 7.87. The maximum absolute atomic E-state index is 14.0. The molecule has 14 heteroatoms. The zero-order chi connectivity index (χ0) is 43.3. The number of carbonyl (C=O) groups excluding carboxylic acids is 4. The summed E-state index contributed by atoms with van der Waals surface area (Å²) < 4.78 is 23.5. The van der Waals surface area contributed by atoms with Gasteiger partial charge in [0.05, 0.1) is 32.1 Å². The average molecular weight is 805 g/mol. The Balaban J connectivity index is 1.95. The van der Waals surface area contributed by atoms with Gasteiger partial charge in [-0.25, -0.2) is 9.64 Å². The fraction of sp³-hybridized carbons (Fsp3) is 0.636. The molecule has 0 aliphatic heterocycles. The molecule has 58 heavy (non-hydrogen) atoms. The standard InChI is InChI=1S/C44H64N6O8/c1-15-55-33-19-18-27(22-32(33)46-40(53)44(11,12)13)37-47-38-29(23-28-30(42(5,6)7)20-26(4)21-31(28)43(8,9)10)36(45-14)39(50(38)48-37)58-41(54)49(24-34(51)56-16-2)25-35(52)57-17-3/h18-19,22,26,28,30-31H,15-17,20-21,23-25H2,1-13H3,(H,46,53)(H,47,48). The van der Waals surface area contributed by atoms with Gasteiger partial charge in [0, 0.05) is 16.5 Å². The smallest absolute Gasteiger partial charge is 0.416 e. The van der Waals surface area contributed by atoms with E-state index in [0.717, 1.165) is 17.7 Å². The molecule has 1 aromatic carbocycles. The fourth-order valence-electron chi connectivity index (χ4n) is 8.09. The highest BCUT2D eigenvalue weighted by Gasteiger charge is 2.46. The molecule has 0 spiro atoms. The number of ether oxygens (including phenoxy) is 4. The number of benzene rings is 1. The molecule has 2 unspecified atom stereocenters. The van der Waals surface area contributed by atoms with E-state index in [0.29, 0.717) is 64.8 Å². The normalized spacial score (nSPS) is 18.6. The number of hydrogen-bond donors (Lipinski definition) is 2. The van der Waals surface area contributed by atoms with E-state index < -0.39 is 36.5 Å². The molecule has 318 valence electrons. The Hall–Kier alpha value is -5.06. The van der Waals surface area contributed by atoms with E-state index in [1.807, 2.05) is 33.8 Å². The van der Waals surface area contributed by atoms with Crippen LogP contribution in [0.15, 0.2) is 18.2 Å². The van der Waals surface area contributed by atoms with Crippen molar-refractivity contribution in [3.63, 3.8) is 0 Å². The molecule has 1 saturated carbocycles. The summed E-state index contributed by atoms with van der Waals surface area (Å²) in [5.74, 6) is 0.342. The Labute approximate surface area is 343 Å². The van der Waals surface area contributed by atoms with Gasteiger partial charge < -0.3 is 29.2 Å². The summed E-state index contributed by atoms with van der Waals surface area (Å²) in [6.45, 7) is 34.4. The van der Waals surface area contributed by atoms with Gasteiger partial charge >= 0.3 is 18.0 Å². The Kier molecular flexibility index (Phi) is 14.4. The Morgan fingerprint density at radius 1 is 0.914 bits per heavy atom. The highest BCUT2D eigenvalue weighted by Crippen LogP contribution is 2.54. The van der Waals surface area contributed by atoms with Crippen molar-refractivity contribution in [3.05, 3.63) is 35.2 Å². The quantitative estimate of drug-likeness (QED) is 0.127. The van der Waals surface area contributed by atoms with Crippen LogP contribution < -0.4 is 14.8 Å². The lowest BCUT2D eigenvalue weighted by molar-refractivity contribution is -0.147. The minimum Gasteiger partial charge on any atom is -0.492 e. The van der Waals surface area contributed by atoms with Gasteiger partial charge in [0.1, 0.15) is 24.5 Å². The van der Waals surface area contributed by atoms with Crippen molar-refractivity contribution in [2.45, 2.75) is 109 Å². The largest absolute Gasteiger partial charge is 0.492 e. The van der Waals surface area contributed by atoms with Crippen molar-refractivity contribution < 1.29 is 38.1 Å². The number of esters is 2. The number of amides is 2. The lowest BCUT2D eigenvalue weighted by Gasteiger charge is -2.51. The summed E-state index contributed by atoms with van der Waals surface area (Å²) in [7, 11) is 0. The molecule has 1 aliphatic rings. The van der Waals surface area contributed by atoms with E-state index >= 15 is 0 Å². The van der Waals surface area contributed by atoms with Crippen LogP contribution in [-0.4, -0.2) is 76.3 Å². The van der Waals surface area contributed by atoms with Gasteiger partial charge in [0.2, 0.25) is 11.8 Å². The lowest BCUT2D eigenvalue weighted by Crippen LogP contribution is -2.44. The van der Waals surface area contributed by atoms with Crippen molar-refractivity contribution in [2.75, 3.05) is 38.2 Å². The predicted molar refractivity (Wildman–Crippen MR) is 223 cm³/mol. The summed E-state index contributed by atoms with van der Waals surface area (Å²) in [4.78, 5) is 60.6. The number of rotatable bonds is 13. The second-order valence-corrected chi connectivity index (χ2v) is 18.5. The molecule has 4 rings (SSSR count). The molecule has 2 amide bonds. The van der Waals surface area contributed by atoms with E-state index in [4.69, 9.17) is 30.6 Å². The van der Waals surface area contributed by atoms with Gasteiger partial charge in [0.15, 0.2) is 5.82 Å². The molecular formula is C44H64N6O8. The fourth-order valence-corrected chi connectivity index (χ4v) is 8.09. The van der Waals surface area contributed by atoms with Gasteiger partial charge in [-0.2, -0.15) is 4.52 Å². The van der Waals surface area contributed by atoms with Gasteiger partial charge in [0.25, 0.3) is 5.69 Å². The topological polar surface area (TPSA) is 158 Å². The van der Waals surface area contributed by atoms with Crippen LogP contribution in [0.5, 0.6) is 11.6 Å². The summed E-state index contributed by atoms with van der Waals surface area (Å²) in [6, 6.07) is 5.34. The van der Waals surface area contributed by atoms with Crippen LogP contribution in [0.25, 0.3) is 21.9 Å². The van der Waals surface area contributed by atoms with Crippen LogP contribution in [0.3, 0.4) is 0 Å².